The van der Waals surface area contributed by atoms with E-state index in [0.717, 1.165) is 6.42 Å². The van der Waals surface area contributed by atoms with Gasteiger partial charge >= 0.3 is 11.9 Å². The van der Waals surface area contributed by atoms with Gasteiger partial charge in [-0.1, -0.05) is 0 Å². The number of hydrogen-bond donors (Lipinski definition) is 1. The summed E-state index contributed by atoms with van der Waals surface area (Å²) in [5, 5.41) is 8.71. The van der Waals surface area contributed by atoms with Crippen LogP contribution >= 0.6 is 11.8 Å². The number of carboxylic acid groups (broad SMARTS) is 1. The van der Waals surface area contributed by atoms with Gasteiger partial charge in [-0.2, -0.15) is 0 Å². The first kappa shape index (κ1) is 13.3. The Hall–Kier alpha value is -0.750. The molecule has 0 radical (unpaired) electrons. The first-order valence-electron chi connectivity index (χ1n) is 5.25. The second-order valence-corrected chi connectivity index (χ2v) is 4.51. The number of aliphatic carboxylic acids is 1. The summed E-state index contributed by atoms with van der Waals surface area (Å²) in [4.78, 5) is 21.6. The number of carbonyl (C=O) groups is 2. The first-order chi connectivity index (χ1) is 7.63. The van der Waals surface area contributed by atoms with Crippen LogP contribution in [0.1, 0.15) is 19.8 Å². The van der Waals surface area contributed by atoms with Gasteiger partial charge in [-0.05, 0) is 19.8 Å². The highest BCUT2D eigenvalue weighted by Crippen LogP contribution is 2.22. The number of esters is 1. The lowest BCUT2D eigenvalue weighted by Gasteiger charge is -2.10. The molecule has 0 aliphatic carbocycles. The van der Waals surface area contributed by atoms with Crippen molar-refractivity contribution in [2.45, 2.75) is 32.0 Å². The second-order valence-electron chi connectivity index (χ2n) is 3.48. The van der Waals surface area contributed by atoms with Crippen LogP contribution in [0.4, 0.5) is 0 Å². The highest BCUT2D eigenvalue weighted by molar-refractivity contribution is 7.99. The van der Waals surface area contributed by atoms with E-state index < -0.39 is 12.1 Å². The van der Waals surface area contributed by atoms with Crippen molar-refractivity contribution < 1.29 is 24.2 Å². The van der Waals surface area contributed by atoms with Crippen LogP contribution in [0, 0.1) is 0 Å². The Labute approximate surface area is 98.5 Å². The summed E-state index contributed by atoms with van der Waals surface area (Å²) in [5.41, 5.74) is 0. The molecule has 1 aliphatic rings. The van der Waals surface area contributed by atoms with E-state index in [1.807, 2.05) is 0 Å². The highest BCUT2D eigenvalue weighted by Gasteiger charge is 2.30. The monoisotopic (exact) mass is 248 g/mol. The quantitative estimate of drug-likeness (QED) is 0.704. The molecule has 92 valence electrons. The summed E-state index contributed by atoms with van der Waals surface area (Å²) in [6, 6.07) is 0. The van der Waals surface area contributed by atoms with E-state index in [-0.39, 0.29) is 12.1 Å². The lowest BCUT2D eigenvalue weighted by molar-refractivity contribution is -0.149. The van der Waals surface area contributed by atoms with E-state index in [4.69, 9.17) is 14.6 Å². The molecule has 6 heteroatoms. The number of rotatable bonds is 6. The molecule has 1 saturated heterocycles. The van der Waals surface area contributed by atoms with Gasteiger partial charge in [0.05, 0.1) is 18.5 Å². The Balaban J connectivity index is 2.11. The molecule has 1 aliphatic heterocycles. The maximum atomic E-state index is 11.0. The van der Waals surface area contributed by atoms with Gasteiger partial charge < -0.3 is 14.6 Å². The van der Waals surface area contributed by atoms with Gasteiger partial charge in [0, 0.05) is 5.75 Å². The van der Waals surface area contributed by atoms with E-state index in [1.54, 1.807) is 6.92 Å². The third-order valence-corrected chi connectivity index (χ3v) is 3.26. The average Bonchev–Trinajstić information content (AvgIpc) is 2.67. The van der Waals surface area contributed by atoms with Crippen LogP contribution in [0.25, 0.3) is 0 Å². The smallest absolute Gasteiger partial charge is 0.332 e. The molecule has 2 unspecified atom stereocenters. The Bertz CT molecular complexity index is 256. The molecular formula is C10H16O5S. The van der Waals surface area contributed by atoms with E-state index in [9.17, 15) is 9.59 Å². The minimum absolute atomic E-state index is 0.0551. The lowest BCUT2D eigenvalue weighted by Crippen LogP contribution is -2.21. The van der Waals surface area contributed by atoms with Gasteiger partial charge in [0.25, 0.3) is 0 Å². The molecule has 0 amide bonds. The van der Waals surface area contributed by atoms with E-state index in [2.05, 4.69) is 0 Å². The molecule has 0 aromatic carbocycles. The molecule has 0 saturated carbocycles. The van der Waals surface area contributed by atoms with Crippen molar-refractivity contribution in [3.05, 3.63) is 0 Å². The fourth-order valence-corrected chi connectivity index (χ4v) is 2.36. The van der Waals surface area contributed by atoms with Gasteiger partial charge in [0.15, 0.2) is 6.10 Å². The molecule has 0 aromatic heterocycles. The Morgan fingerprint density at radius 3 is 2.81 bits per heavy atom. The zero-order valence-electron chi connectivity index (χ0n) is 9.18. The summed E-state index contributed by atoms with van der Waals surface area (Å²) < 4.78 is 10.1. The minimum atomic E-state index is -0.905. The molecular weight excluding hydrogens is 232 g/mol. The van der Waals surface area contributed by atoms with E-state index in [1.165, 1.54) is 11.8 Å². The van der Waals surface area contributed by atoms with Crippen LogP contribution in [-0.4, -0.2) is 47.4 Å². The van der Waals surface area contributed by atoms with Gasteiger partial charge in [-0.3, -0.25) is 4.79 Å². The molecule has 0 aromatic rings. The van der Waals surface area contributed by atoms with Crippen LogP contribution in [0.2, 0.25) is 0 Å². The molecule has 16 heavy (non-hydrogen) atoms. The molecule has 0 bridgehead atoms. The summed E-state index contributed by atoms with van der Waals surface area (Å²) in [6.07, 6.45) is 0.570. The zero-order valence-corrected chi connectivity index (χ0v) is 10.00. The third kappa shape index (κ3) is 4.40. The molecule has 5 nitrogen and oxygen atoms in total. The summed E-state index contributed by atoms with van der Waals surface area (Å²) >= 11 is 1.42. The molecule has 2 atom stereocenters. The topological polar surface area (TPSA) is 72.8 Å². The highest BCUT2D eigenvalue weighted by atomic mass is 32.2. The van der Waals surface area contributed by atoms with Gasteiger partial charge in [-0.15, -0.1) is 11.8 Å². The maximum absolute atomic E-state index is 11.0. The molecule has 0 spiro atoms. The average molecular weight is 248 g/mol. The number of hydrogen-bond acceptors (Lipinski definition) is 5. The number of ether oxygens (including phenoxy) is 2. The van der Waals surface area contributed by atoms with Crippen LogP contribution in [-0.2, 0) is 19.1 Å². The van der Waals surface area contributed by atoms with Crippen LogP contribution in [0.3, 0.4) is 0 Å². The van der Waals surface area contributed by atoms with Crippen molar-refractivity contribution in [2.24, 2.45) is 0 Å². The van der Waals surface area contributed by atoms with Crippen molar-refractivity contribution in [1.29, 1.82) is 0 Å². The standard InChI is InChI=1S/C10H16O5S/c1-2-14-9(11)6-16-5-7-3-4-8(15-7)10(12)13/h7-8H,2-6H2,1H3,(H,12,13). The summed E-state index contributed by atoms with van der Waals surface area (Å²) in [6.45, 7) is 2.15. The maximum Gasteiger partial charge on any atom is 0.332 e. The van der Waals surface area contributed by atoms with Gasteiger partial charge in [0.2, 0.25) is 0 Å². The second kappa shape index (κ2) is 6.75. The molecule has 1 N–H and O–H groups in total. The van der Waals surface area contributed by atoms with Gasteiger partial charge in [0.1, 0.15) is 0 Å². The zero-order chi connectivity index (χ0) is 12.0. The Kier molecular flexibility index (Phi) is 5.62. The fourth-order valence-electron chi connectivity index (χ4n) is 1.49. The van der Waals surface area contributed by atoms with Crippen LogP contribution in [0.15, 0.2) is 0 Å². The third-order valence-electron chi connectivity index (χ3n) is 2.21. The normalized spacial score (nSPS) is 24.3. The molecule has 1 rings (SSSR count). The largest absolute Gasteiger partial charge is 0.479 e. The number of thioether (sulfide) groups is 1. The summed E-state index contributed by atoms with van der Waals surface area (Å²) in [5.74, 6) is -0.202. The number of carbonyl (C=O) groups excluding carboxylic acids is 1. The van der Waals surface area contributed by atoms with Crippen molar-refractivity contribution in [3.63, 3.8) is 0 Å². The van der Waals surface area contributed by atoms with E-state index in [0.29, 0.717) is 24.5 Å². The predicted octanol–water partition coefficient (Wildman–Crippen LogP) is 0.915. The lowest BCUT2D eigenvalue weighted by atomic mass is 10.2. The molecule has 1 fully saturated rings. The molecule has 1 heterocycles. The number of carboxylic acids is 1. The van der Waals surface area contributed by atoms with Crippen molar-refractivity contribution in [1.82, 2.24) is 0 Å². The van der Waals surface area contributed by atoms with Crippen molar-refractivity contribution >= 4 is 23.7 Å². The SMILES string of the molecule is CCOC(=O)CSCC1CCC(C(=O)O)O1. The minimum Gasteiger partial charge on any atom is -0.479 e. The van der Waals surface area contributed by atoms with E-state index >= 15 is 0 Å². The van der Waals surface area contributed by atoms with Crippen LogP contribution in [0.5, 0.6) is 0 Å². The predicted molar refractivity (Wildman–Crippen MR) is 59.5 cm³/mol. The van der Waals surface area contributed by atoms with Gasteiger partial charge in [-0.25, -0.2) is 4.79 Å². The Morgan fingerprint density at radius 1 is 1.50 bits per heavy atom. The fraction of sp³-hybridized carbons (Fsp3) is 0.800. The Morgan fingerprint density at radius 2 is 2.25 bits per heavy atom. The van der Waals surface area contributed by atoms with Crippen molar-refractivity contribution in [3.8, 4) is 0 Å². The van der Waals surface area contributed by atoms with Crippen molar-refractivity contribution in [2.75, 3.05) is 18.1 Å². The first-order valence-corrected chi connectivity index (χ1v) is 6.40. The van der Waals surface area contributed by atoms with Crippen LogP contribution < -0.4 is 0 Å². The summed E-state index contributed by atoms with van der Waals surface area (Å²) in [7, 11) is 0.